The molecule has 1 heterocycles. The van der Waals surface area contributed by atoms with Crippen molar-refractivity contribution in [2.24, 2.45) is 0 Å². The molecular formula is C16H16N2O4. The Balaban J connectivity index is 2.02. The van der Waals surface area contributed by atoms with E-state index in [4.69, 9.17) is 9.47 Å². The van der Waals surface area contributed by atoms with Crippen molar-refractivity contribution in [3.05, 3.63) is 53.9 Å². The summed E-state index contributed by atoms with van der Waals surface area (Å²) in [6, 6.07) is 10.3. The zero-order valence-electron chi connectivity index (χ0n) is 12.1. The van der Waals surface area contributed by atoms with Crippen molar-refractivity contribution in [1.29, 1.82) is 0 Å². The highest BCUT2D eigenvalue weighted by Gasteiger charge is 2.09. The molecule has 6 heteroatoms. The number of carbonyl (C=O) groups is 1. The average Bonchev–Trinajstić information content (AvgIpc) is 3.08. The summed E-state index contributed by atoms with van der Waals surface area (Å²) in [5.41, 5.74) is 1.40. The van der Waals surface area contributed by atoms with Gasteiger partial charge in [0.25, 0.3) is 5.91 Å². The molecule has 0 aliphatic carbocycles. The van der Waals surface area contributed by atoms with Crippen LogP contribution in [0.5, 0.6) is 5.75 Å². The van der Waals surface area contributed by atoms with Crippen molar-refractivity contribution in [1.82, 2.24) is 10.3 Å². The summed E-state index contributed by atoms with van der Waals surface area (Å²) in [5.74, 6) is 2.14. The average molecular weight is 300 g/mol. The maximum atomic E-state index is 11.8. The van der Waals surface area contributed by atoms with Crippen molar-refractivity contribution in [3.8, 4) is 5.75 Å². The van der Waals surface area contributed by atoms with Crippen LogP contribution in [0.25, 0.3) is 5.57 Å². The summed E-state index contributed by atoms with van der Waals surface area (Å²) in [4.78, 5) is 25.8. The van der Waals surface area contributed by atoms with E-state index >= 15 is 0 Å². The van der Waals surface area contributed by atoms with Gasteiger partial charge in [0.15, 0.2) is 6.79 Å². The second-order valence-corrected chi connectivity index (χ2v) is 4.43. The zero-order valence-corrected chi connectivity index (χ0v) is 12.1. The number of aromatic nitrogens is 1. The summed E-state index contributed by atoms with van der Waals surface area (Å²) in [7, 11) is 1.52. The third-order valence-electron chi connectivity index (χ3n) is 2.92. The summed E-state index contributed by atoms with van der Waals surface area (Å²) < 4.78 is 10.1. The van der Waals surface area contributed by atoms with Gasteiger partial charge in [-0.2, -0.15) is 0 Å². The van der Waals surface area contributed by atoms with Gasteiger partial charge in [-0.05, 0) is 29.8 Å². The van der Waals surface area contributed by atoms with Crippen molar-refractivity contribution >= 4 is 17.4 Å². The van der Waals surface area contributed by atoms with Gasteiger partial charge in [-0.1, -0.05) is 12.1 Å². The van der Waals surface area contributed by atoms with E-state index < -0.39 is 0 Å². The summed E-state index contributed by atoms with van der Waals surface area (Å²) in [6.45, 7) is 0.197. The molecule has 1 aromatic carbocycles. The number of methoxy groups -OCH3 is 1. The van der Waals surface area contributed by atoms with E-state index in [-0.39, 0.29) is 19.2 Å². The predicted octanol–water partition coefficient (Wildman–Crippen LogP) is 1.64. The maximum Gasteiger partial charge on any atom is 0.267 e. The van der Waals surface area contributed by atoms with Gasteiger partial charge in [0.05, 0.1) is 12.1 Å². The number of aromatic amines is 1. The lowest BCUT2D eigenvalue weighted by Crippen LogP contribution is -2.25. The molecule has 0 aliphatic rings. The van der Waals surface area contributed by atoms with Gasteiger partial charge in [-0.15, -0.1) is 0 Å². The first-order valence-electron chi connectivity index (χ1n) is 6.62. The van der Waals surface area contributed by atoms with E-state index in [1.54, 1.807) is 42.6 Å². The molecule has 0 unspecified atom stereocenters. The van der Waals surface area contributed by atoms with Gasteiger partial charge in [-0.25, -0.2) is 4.79 Å². The predicted molar refractivity (Wildman–Crippen MR) is 81.2 cm³/mol. The smallest absolute Gasteiger partial charge is 0.267 e. The largest absolute Gasteiger partial charge is 0.468 e. The van der Waals surface area contributed by atoms with E-state index in [9.17, 15) is 9.59 Å². The molecule has 0 spiro atoms. The van der Waals surface area contributed by atoms with Crippen molar-refractivity contribution in [2.45, 2.75) is 0 Å². The van der Waals surface area contributed by atoms with Gasteiger partial charge in [0.1, 0.15) is 17.4 Å². The Morgan fingerprint density at radius 1 is 1.32 bits per heavy atom. The first kappa shape index (κ1) is 15.6. The number of ether oxygens (including phenoxy) is 2. The van der Waals surface area contributed by atoms with Crippen molar-refractivity contribution in [2.75, 3.05) is 20.4 Å². The lowest BCUT2D eigenvalue weighted by atomic mass is 10.1. The van der Waals surface area contributed by atoms with Gasteiger partial charge in [-0.3, -0.25) is 4.79 Å². The van der Waals surface area contributed by atoms with E-state index in [1.165, 1.54) is 7.11 Å². The molecule has 22 heavy (non-hydrogen) atoms. The minimum Gasteiger partial charge on any atom is -0.468 e. The standard InChI is InChI=1S/C16H16N2O4/c1-21-11-22-14-5-2-4-12(8-14)13(10-19)9-18-16(20)15-6-3-7-17-15/h2-8,17H,9,11H2,1H3,(H,18,20). The molecule has 0 atom stereocenters. The fourth-order valence-corrected chi connectivity index (χ4v) is 1.83. The van der Waals surface area contributed by atoms with Crippen LogP contribution in [0.1, 0.15) is 16.1 Å². The second kappa shape index (κ2) is 7.83. The lowest BCUT2D eigenvalue weighted by molar-refractivity contribution is 0.0511. The van der Waals surface area contributed by atoms with Crippen LogP contribution in [0.15, 0.2) is 42.6 Å². The maximum absolute atomic E-state index is 11.8. The van der Waals surface area contributed by atoms with E-state index in [0.29, 0.717) is 22.6 Å². The molecule has 114 valence electrons. The highest BCUT2D eigenvalue weighted by atomic mass is 16.7. The molecule has 6 nitrogen and oxygen atoms in total. The third kappa shape index (κ3) is 4.09. The minimum atomic E-state index is -0.287. The SMILES string of the molecule is COCOc1cccc(C(=C=O)CNC(=O)c2ccc[nH]2)c1. The van der Waals surface area contributed by atoms with Crippen LogP contribution in [-0.2, 0) is 9.53 Å². The van der Waals surface area contributed by atoms with Crippen LogP contribution >= 0.6 is 0 Å². The minimum absolute atomic E-state index is 0.0785. The van der Waals surface area contributed by atoms with Crippen LogP contribution in [0.3, 0.4) is 0 Å². The highest BCUT2D eigenvalue weighted by Crippen LogP contribution is 2.18. The number of nitrogens with one attached hydrogen (secondary N) is 2. The van der Waals surface area contributed by atoms with E-state index in [1.807, 2.05) is 5.94 Å². The monoisotopic (exact) mass is 300 g/mol. The van der Waals surface area contributed by atoms with Crippen LogP contribution < -0.4 is 10.1 Å². The Bertz CT molecular complexity index is 673. The van der Waals surface area contributed by atoms with Gasteiger partial charge >= 0.3 is 0 Å². The second-order valence-electron chi connectivity index (χ2n) is 4.43. The Morgan fingerprint density at radius 2 is 2.18 bits per heavy atom. The Morgan fingerprint density at radius 3 is 2.86 bits per heavy atom. The van der Waals surface area contributed by atoms with Crippen LogP contribution in [0.2, 0.25) is 0 Å². The fourth-order valence-electron chi connectivity index (χ4n) is 1.83. The molecule has 2 N–H and O–H groups in total. The number of H-pyrrole nitrogens is 1. The summed E-state index contributed by atoms with van der Waals surface area (Å²) >= 11 is 0. The number of benzene rings is 1. The quantitative estimate of drug-likeness (QED) is 0.602. The molecule has 2 rings (SSSR count). The molecule has 0 radical (unpaired) electrons. The highest BCUT2D eigenvalue weighted by molar-refractivity contribution is 5.95. The number of carbonyl (C=O) groups excluding carboxylic acids is 2. The van der Waals surface area contributed by atoms with Gasteiger partial charge in [0.2, 0.25) is 0 Å². The molecule has 0 aliphatic heterocycles. The Hall–Kier alpha value is -2.82. The lowest BCUT2D eigenvalue weighted by Gasteiger charge is -2.08. The molecule has 0 saturated carbocycles. The molecule has 0 saturated heterocycles. The van der Waals surface area contributed by atoms with Crippen LogP contribution in [0.4, 0.5) is 0 Å². The first-order chi connectivity index (χ1) is 10.7. The topological polar surface area (TPSA) is 80.4 Å². The molecule has 0 bridgehead atoms. The fraction of sp³-hybridized carbons (Fsp3) is 0.188. The molecular weight excluding hydrogens is 284 g/mol. The number of rotatable bonds is 7. The normalized spacial score (nSPS) is 9.86. The van der Waals surface area contributed by atoms with Crippen molar-refractivity contribution < 1.29 is 19.1 Å². The number of hydrogen-bond donors (Lipinski definition) is 2. The van der Waals surface area contributed by atoms with Crippen LogP contribution in [-0.4, -0.2) is 37.3 Å². The van der Waals surface area contributed by atoms with Crippen LogP contribution in [0, 0.1) is 0 Å². The van der Waals surface area contributed by atoms with Gasteiger partial charge in [0, 0.05) is 13.3 Å². The Labute approximate surface area is 127 Å². The number of hydrogen-bond acceptors (Lipinski definition) is 4. The molecule has 1 amide bonds. The van der Waals surface area contributed by atoms with Gasteiger partial charge < -0.3 is 19.8 Å². The van der Waals surface area contributed by atoms with E-state index in [2.05, 4.69) is 10.3 Å². The summed E-state index contributed by atoms with van der Waals surface area (Å²) in [6.07, 6.45) is 1.65. The molecule has 0 fully saturated rings. The third-order valence-corrected chi connectivity index (χ3v) is 2.92. The van der Waals surface area contributed by atoms with Crippen molar-refractivity contribution in [3.63, 3.8) is 0 Å². The molecule has 2 aromatic rings. The zero-order chi connectivity index (χ0) is 15.8. The number of amides is 1. The molecule has 1 aromatic heterocycles. The summed E-state index contributed by atoms with van der Waals surface area (Å²) in [5, 5.41) is 2.66. The Kier molecular flexibility index (Phi) is 5.54. The van der Waals surface area contributed by atoms with E-state index in [0.717, 1.165) is 0 Å². The first-order valence-corrected chi connectivity index (χ1v) is 6.62.